The van der Waals surface area contributed by atoms with Gasteiger partial charge in [0.1, 0.15) is 5.02 Å². The first kappa shape index (κ1) is 24.2. The van der Waals surface area contributed by atoms with Crippen molar-refractivity contribution in [2.24, 2.45) is 0 Å². The second-order valence-corrected chi connectivity index (χ2v) is 11.4. The predicted octanol–water partition coefficient (Wildman–Crippen LogP) is 4.73. The number of likely N-dealkylation sites (N-methyl/N-ethyl adjacent to an activating group) is 2. The van der Waals surface area contributed by atoms with Gasteiger partial charge in [-0.2, -0.15) is 4.98 Å². The lowest BCUT2D eigenvalue weighted by molar-refractivity contribution is -0.138. The molecule has 0 saturated carbocycles. The monoisotopic (exact) mass is 518 g/mol. The lowest BCUT2D eigenvalue weighted by Crippen LogP contribution is -2.40. The van der Waals surface area contributed by atoms with Crippen molar-refractivity contribution in [2.75, 3.05) is 43.9 Å². The van der Waals surface area contributed by atoms with Crippen molar-refractivity contribution in [1.82, 2.24) is 19.8 Å². The van der Waals surface area contributed by atoms with Crippen molar-refractivity contribution < 1.29 is 9.90 Å². The van der Waals surface area contributed by atoms with Gasteiger partial charge in [0, 0.05) is 55.4 Å². The summed E-state index contributed by atoms with van der Waals surface area (Å²) in [5.41, 5.74) is 6.54. The Morgan fingerprint density at radius 1 is 1.16 bits per heavy atom. The number of nitrogens with zero attached hydrogens (tertiary/aromatic N) is 5. The molecule has 0 bridgehead atoms. The van der Waals surface area contributed by atoms with Gasteiger partial charge in [-0.05, 0) is 54.5 Å². The van der Waals surface area contributed by atoms with E-state index >= 15 is 0 Å². The molecule has 192 valence electrons. The number of anilines is 4. The molecule has 0 spiro atoms. The SMILES string of the molecule is CN1Cc2cc(Nc3ncc(Cl)c(N4CC(C)(CC(=O)O)c5ccccc54)n3)cc3c2C(C1)CN(C)C3. The van der Waals surface area contributed by atoms with Crippen LogP contribution in [0.3, 0.4) is 0 Å². The quantitative estimate of drug-likeness (QED) is 0.501. The number of carboxylic acids is 1. The van der Waals surface area contributed by atoms with Gasteiger partial charge in [0.15, 0.2) is 5.82 Å². The molecule has 4 heterocycles. The van der Waals surface area contributed by atoms with E-state index in [0.29, 0.717) is 29.3 Å². The third-order valence-electron chi connectivity index (χ3n) is 7.84. The first-order valence-electron chi connectivity index (χ1n) is 12.6. The number of nitrogens with one attached hydrogen (secondary N) is 1. The van der Waals surface area contributed by atoms with E-state index in [0.717, 1.165) is 43.1 Å². The molecular formula is C28H31ClN6O2. The minimum absolute atomic E-state index is 0.0239. The van der Waals surface area contributed by atoms with Crippen LogP contribution in [0.5, 0.6) is 0 Å². The maximum atomic E-state index is 11.7. The van der Waals surface area contributed by atoms with Crippen LogP contribution in [0.25, 0.3) is 0 Å². The fourth-order valence-corrected chi connectivity index (χ4v) is 6.68. The Morgan fingerprint density at radius 2 is 1.84 bits per heavy atom. The topological polar surface area (TPSA) is 84.8 Å². The number of halogens is 1. The van der Waals surface area contributed by atoms with E-state index in [-0.39, 0.29) is 6.42 Å². The van der Waals surface area contributed by atoms with E-state index in [9.17, 15) is 9.90 Å². The summed E-state index contributed by atoms with van der Waals surface area (Å²) in [5.74, 6) is 0.732. The van der Waals surface area contributed by atoms with Gasteiger partial charge in [0.25, 0.3) is 0 Å². The van der Waals surface area contributed by atoms with Gasteiger partial charge in [0.05, 0.1) is 12.6 Å². The van der Waals surface area contributed by atoms with E-state index in [1.165, 1.54) is 16.7 Å². The third kappa shape index (κ3) is 4.33. The molecule has 0 fully saturated rings. The standard InChI is InChI=1S/C28H31ClN6O2/c1-28(10-24(36)37)16-35(23-7-5-4-6-21(23)28)26-22(29)11-30-27(32-26)31-20-8-17-12-33(2)14-19-15-34(3)13-18(9-20)25(17)19/h4-9,11,19H,10,12-16H2,1-3H3,(H,36,37)(H,30,31,32). The molecule has 0 amide bonds. The van der Waals surface area contributed by atoms with Gasteiger partial charge in [0.2, 0.25) is 5.95 Å². The molecule has 0 saturated heterocycles. The Bertz CT molecular complexity index is 1360. The molecule has 0 aliphatic carbocycles. The van der Waals surface area contributed by atoms with Gasteiger partial charge >= 0.3 is 5.97 Å². The summed E-state index contributed by atoms with van der Waals surface area (Å²) in [6.45, 7) is 6.47. The molecule has 1 aromatic heterocycles. The first-order valence-corrected chi connectivity index (χ1v) is 13.0. The summed E-state index contributed by atoms with van der Waals surface area (Å²) < 4.78 is 0. The van der Waals surface area contributed by atoms with Crippen LogP contribution in [0.1, 0.15) is 41.5 Å². The average Bonchev–Trinajstić information content (AvgIpc) is 3.11. The molecular weight excluding hydrogens is 488 g/mol. The average molecular weight is 519 g/mol. The second kappa shape index (κ2) is 8.97. The Morgan fingerprint density at radius 3 is 2.51 bits per heavy atom. The highest BCUT2D eigenvalue weighted by Crippen LogP contribution is 2.47. The number of para-hydroxylation sites is 1. The number of hydrogen-bond acceptors (Lipinski definition) is 7. The number of fused-ring (bicyclic) bond motifs is 1. The molecule has 1 unspecified atom stereocenters. The Hall–Kier alpha value is -3.20. The highest BCUT2D eigenvalue weighted by Gasteiger charge is 2.42. The van der Waals surface area contributed by atoms with E-state index in [4.69, 9.17) is 16.6 Å². The Kier molecular flexibility index (Phi) is 5.86. The molecule has 37 heavy (non-hydrogen) atoms. The number of benzene rings is 2. The van der Waals surface area contributed by atoms with Crippen LogP contribution in [0.2, 0.25) is 5.02 Å². The number of rotatable bonds is 5. The highest BCUT2D eigenvalue weighted by molar-refractivity contribution is 6.33. The maximum Gasteiger partial charge on any atom is 0.304 e. The highest BCUT2D eigenvalue weighted by atomic mass is 35.5. The Balaban J connectivity index is 1.34. The van der Waals surface area contributed by atoms with Crippen molar-refractivity contribution in [3.05, 3.63) is 69.9 Å². The summed E-state index contributed by atoms with van der Waals surface area (Å²) in [4.78, 5) is 27.8. The van der Waals surface area contributed by atoms with Crippen LogP contribution >= 0.6 is 11.6 Å². The molecule has 3 aliphatic rings. The molecule has 3 aromatic rings. The Labute approximate surface area is 221 Å². The molecule has 2 aromatic carbocycles. The van der Waals surface area contributed by atoms with Crippen molar-refractivity contribution in [3.63, 3.8) is 0 Å². The van der Waals surface area contributed by atoms with Gasteiger partial charge < -0.3 is 25.1 Å². The molecule has 8 nitrogen and oxygen atoms in total. The summed E-state index contributed by atoms with van der Waals surface area (Å²) in [7, 11) is 4.36. The minimum Gasteiger partial charge on any atom is -0.481 e. The van der Waals surface area contributed by atoms with Crippen LogP contribution in [0, 0.1) is 0 Å². The lowest BCUT2D eigenvalue weighted by Gasteiger charge is -2.40. The van der Waals surface area contributed by atoms with Crippen molar-refractivity contribution in [2.45, 2.75) is 37.8 Å². The minimum atomic E-state index is -0.829. The fraction of sp³-hybridized carbons (Fsp3) is 0.393. The molecule has 3 aliphatic heterocycles. The number of aliphatic carboxylic acids is 1. The third-order valence-corrected chi connectivity index (χ3v) is 8.10. The summed E-state index contributed by atoms with van der Waals surface area (Å²) in [6, 6.07) is 12.3. The predicted molar refractivity (Wildman–Crippen MR) is 145 cm³/mol. The van der Waals surface area contributed by atoms with Crippen molar-refractivity contribution >= 4 is 40.7 Å². The summed E-state index contributed by atoms with van der Waals surface area (Å²) in [6.07, 6.45) is 1.64. The lowest BCUT2D eigenvalue weighted by atomic mass is 9.81. The first-order chi connectivity index (χ1) is 17.7. The molecule has 9 heteroatoms. The molecule has 6 rings (SSSR count). The van der Waals surface area contributed by atoms with Crippen LogP contribution < -0.4 is 10.2 Å². The van der Waals surface area contributed by atoms with Gasteiger partial charge in [-0.25, -0.2) is 4.98 Å². The van der Waals surface area contributed by atoms with Crippen LogP contribution in [0.15, 0.2) is 42.6 Å². The number of carboxylic acid groups (broad SMARTS) is 1. The maximum absolute atomic E-state index is 11.7. The summed E-state index contributed by atoms with van der Waals surface area (Å²) >= 11 is 6.62. The zero-order chi connectivity index (χ0) is 25.9. The van der Waals surface area contributed by atoms with Crippen LogP contribution in [-0.4, -0.2) is 64.6 Å². The van der Waals surface area contributed by atoms with Crippen molar-refractivity contribution in [1.29, 1.82) is 0 Å². The smallest absolute Gasteiger partial charge is 0.304 e. The fourth-order valence-electron chi connectivity index (χ4n) is 6.49. The van der Waals surface area contributed by atoms with E-state index in [2.05, 4.69) is 46.3 Å². The zero-order valence-corrected chi connectivity index (χ0v) is 22.1. The van der Waals surface area contributed by atoms with Gasteiger partial charge in [-0.15, -0.1) is 0 Å². The zero-order valence-electron chi connectivity index (χ0n) is 21.3. The van der Waals surface area contributed by atoms with Crippen molar-refractivity contribution in [3.8, 4) is 0 Å². The van der Waals surface area contributed by atoms with E-state index in [1.54, 1.807) is 6.20 Å². The molecule has 1 atom stereocenters. The van der Waals surface area contributed by atoms with Crippen LogP contribution in [-0.2, 0) is 23.3 Å². The van der Waals surface area contributed by atoms with Crippen LogP contribution in [0.4, 0.5) is 23.1 Å². The van der Waals surface area contributed by atoms with Gasteiger partial charge in [-0.3, -0.25) is 4.79 Å². The van der Waals surface area contributed by atoms with Gasteiger partial charge in [-0.1, -0.05) is 36.7 Å². The number of aromatic nitrogens is 2. The van der Waals surface area contributed by atoms with E-state index in [1.807, 2.05) is 36.1 Å². The molecule has 2 N–H and O–H groups in total. The summed E-state index contributed by atoms with van der Waals surface area (Å²) in [5, 5.41) is 13.4. The largest absolute Gasteiger partial charge is 0.481 e. The molecule has 0 radical (unpaired) electrons. The normalized spacial score (nSPS) is 21.6. The number of hydrogen-bond donors (Lipinski definition) is 2. The van der Waals surface area contributed by atoms with E-state index < -0.39 is 11.4 Å². The number of carbonyl (C=O) groups is 1. The second-order valence-electron chi connectivity index (χ2n) is 11.0.